The first kappa shape index (κ1) is 16.7. The van der Waals surface area contributed by atoms with Gasteiger partial charge in [0.05, 0.1) is 13.2 Å². The van der Waals surface area contributed by atoms with Crippen molar-refractivity contribution < 1.29 is 4.74 Å². The van der Waals surface area contributed by atoms with E-state index in [4.69, 9.17) is 4.74 Å². The van der Waals surface area contributed by atoms with Crippen LogP contribution in [-0.2, 0) is 4.74 Å². The summed E-state index contributed by atoms with van der Waals surface area (Å²) in [7, 11) is 0. The molecular formula is C19H31N3O. The van der Waals surface area contributed by atoms with Crippen LogP contribution < -0.4 is 10.2 Å². The fourth-order valence-electron chi connectivity index (χ4n) is 3.65. The molecule has 23 heavy (non-hydrogen) atoms. The van der Waals surface area contributed by atoms with E-state index >= 15 is 0 Å². The summed E-state index contributed by atoms with van der Waals surface area (Å²) in [4.78, 5) is 5.06. The number of morpholine rings is 1. The topological polar surface area (TPSA) is 27.7 Å². The molecule has 2 fully saturated rings. The van der Waals surface area contributed by atoms with Gasteiger partial charge < -0.3 is 15.0 Å². The first-order valence-electron chi connectivity index (χ1n) is 9.09. The lowest BCUT2D eigenvalue weighted by molar-refractivity contribution is 0.0198. The van der Waals surface area contributed by atoms with Gasteiger partial charge in [0.15, 0.2) is 0 Å². The monoisotopic (exact) mass is 317 g/mol. The van der Waals surface area contributed by atoms with E-state index in [0.717, 1.165) is 45.9 Å². The summed E-state index contributed by atoms with van der Waals surface area (Å²) in [5, 5.41) is 3.79. The van der Waals surface area contributed by atoms with E-state index < -0.39 is 0 Å². The van der Waals surface area contributed by atoms with Crippen molar-refractivity contribution in [2.45, 2.75) is 38.8 Å². The Hall–Kier alpha value is -1.10. The van der Waals surface area contributed by atoms with Crippen molar-refractivity contribution in [3.8, 4) is 0 Å². The average molecular weight is 317 g/mol. The Labute approximate surface area is 140 Å². The summed E-state index contributed by atoms with van der Waals surface area (Å²) in [6, 6.07) is 10.1. The van der Waals surface area contributed by atoms with Crippen LogP contribution >= 0.6 is 0 Å². The Morgan fingerprint density at radius 1 is 1.17 bits per heavy atom. The summed E-state index contributed by atoms with van der Waals surface area (Å²) in [6.45, 7) is 11.8. The van der Waals surface area contributed by atoms with Crippen LogP contribution in [0.3, 0.4) is 0 Å². The molecule has 2 saturated heterocycles. The predicted octanol–water partition coefficient (Wildman–Crippen LogP) is 2.27. The zero-order valence-corrected chi connectivity index (χ0v) is 14.6. The van der Waals surface area contributed by atoms with Gasteiger partial charge in [-0.2, -0.15) is 0 Å². The second kappa shape index (κ2) is 8.13. The molecule has 128 valence electrons. The van der Waals surface area contributed by atoms with Crippen molar-refractivity contribution >= 4 is 5.69 Å². The van der Waals surface area contributed by atoms with Gasteiger partial charge in [0.25, 0.3) is 0 Å². The Balaban J connectivity index is 1.40. The van der Waals surface area contributed by atoms with Crippen molar-refractivity contribution in [2.24, 2.45) is 0 Å². The van der Waals surface area contributed by atoms with Crippen LogP contribution in [0.25, 0.3) is 0 Å². The van der Waals surface area contributed by atoms with Crippen molar-refractivity contribution in [3.63, 3.8) is 0 Å². The molecule has 1 unspecified atom stereocenters. The van der Waals surface area contributed by atoms with E-state index in [1.54, 1.807) is 0 Å². The molecule has 0 spiro atoms. The number of hydrogen-bond donors (Lipinski definition) is 1. The normalized spacial score (nSPS) is 22.3. The smallest absolute Gasteiger partial charge is 0.0594 e. The fourth-order valence-corrected chi connectivity index (χ4v) is 3.65. The Morgan fingerprint density at radius 3 is 2.61 bits per heavy atom. The second-order valence-corrected chi connectivity index (χ2v) is 7.01. The van der Waals surface area contributed by atoms with Crippen molar-refractivity contribution in [1.29, 1.82) is 0 Å². The standard InChI is InChI=1S/C19H31N3O/c1-16-4-3-5-19(14-16)22-8-6-18(7-9-22)20-15-17(2)21-10-12-23-13-11-21/h3-5,14,17-18,20H,6-13,15H2,1-2H3. The van der Waals surface area contributed by atoms with Crippen molar-refractivity contribution in [3.05, 3.63) is 29.8 Å². The summed E-state index contributed by atoms with van der Waals surface area (Å²) in [5.41, 5.74) is 2.73. The highest BCUT2D eigenvalue weighted by Gasteiger charge is 2.21. The summed E-state index contributed by atoms with van der Waals surface area (Å²) in [5.74, 6) is 0. The van der Waals surface area contributed by atoms with Gasteiger partial charge in [-0.25, -0.2) is 0 Å². The number of nitrogens with zero attached hydrogens (tertiary/aromatic N) is 2. The Bertz CT molecular complexity index is 479. The van der Waals surface area contributed by atoms with Crippen LogP contribution in [0.1, 0.15) is 25.3 Å². The molecule has 0 aliphatic carbocycles. The van der Waals surface area contributed by atoms with Gasteiger partial charge in [-0.1, -0.05) is 12.1 Å². The second-order valence-electron chi connectivity index (χ2n) is 7.01. The minimum absolute atomic E-state index is 0.605. The van der Waals surface area contributed by atoms with Gasteiger partial charge in [0.2, 0.25) is 0 Å². The van der Waals surface area contributed by atoms with E-state index in [9.17, 15) is 0 Å². The fraction of sp³-hybridized carbons (Fsp3) is 0.684. The van der Waals surface area contributed by atoms with Crippen molar-refractivity contribution in [1.82, 2.24) is 10.2 Å². The number of benzene rings is 1. The van der Waals surface area contributed by atoms with E-state index in [-0.39, 0.29) is 0 Å². The van der Waals surface area contributed by atoms with E-state index in [0.29, 0.717) is 12.1 Å². The van der Waals surface area contributed by atoms with Crippen LogP contribution in [0.4, 0.5) is 5.69 Å². The maximum atomic E-state index is 5.44. The van der Waals surface area contributed by atoms with Gasteiger partial charge in [0.1, 0.15) is 0 Å². The largest absolute Gasteiger partial charge is 0.379 e. The molecule has 2 aliphatic heterocycles. The summed E-state index contributed by atoms with van der Waals surface area (Å²) >= 11 is 0. The molecule has 0 amide bonds. The molecule has 0 aromatic heterocycles. The molecule has 1 atom stereocenters. The minimum atomic E-state index is 0.605. The highest BCUT2D eigenvalue weighted by atomic mass is 16.5. The van der Waals surface area contributed by atoms with Crippen molar-refractivity contribution in [2.75, 3.05) is 50.8 Å². The van der Waals surface area contributed by atoms with Gasteiger partial charge in [-0.15, -0.1) is 0 Å². The maximum Gasteiger partial charge on any atom is 0.0594 e. The molecule has 1 aromatic carbocycles. The minimum Gasteiger partial charge on any atom is -0.379 e. The number of piperidine rings is 1. The zero-order valence-electron chi connectivity index (χ0n) is 14.6. The van der Waals surface area contributed by atoms with Crippen LogP contribution in [0.5, 0.6) is 0 Å². The number of ether oxygens (including phenoxy) is 1. The highest BCUT2D eigenvalue weighted by molar-refractivity contribution is 5.48. The molecule has 0 radical (unpaired) electrons. The first-order valence-corrected chi connectivity index (χ1v) is 9.09. The predicted molar refractivity (Wildman–Crippen MR) is 96.3 cm³/mol. The summed E-state index contributed by atoms with van der Waals surface area (Å²) in [6.07, 6.45) is 2.48. The molecule has 1 aromatic rings. The van der Waals surface area contributed by atoms with Crippen LogP contribution in [0.15, 0.2) is 24.3 Å². The average Bonchev–Trinajstić information content (AvgIpc) is 2.61. The third-order valence-electron chi connectivity index (χ3n) is 5.23. The van der Waals surface area contributed by atoms with Gasteiger partial charge in [0, 0.05) is 50.5 Å². The maximum absolute atomic E-state index is 5.44. The third kappa shape index (κ3) is 4.69. The van der Waals surface area contributed by atoms with Crippen LogP contribution in [0.2, 0.25) is 0 Å². The van der Waals surface area contributed by atoms with Crippen LogP contribution in [-0.4, -0.2) is 62.9 Å². The van der Waals surface area contributed by atoms with Gasteiger partial charge >= 0.3 is 0 Å². The third-order valence-corrected chi connectivity index (χ3v) is 5.23. The summed E-state index contributed by atoms with van der Waals surface area (Å²) < 4.78 is 5.44. The van der Waals surface area contributed by atoms with Gasteiger partial charge in [-0.3, -0.25) is 4.90 Å². The SMILES string of the molecule is Cc1cccc(N2CCC(NCC(C)N3CCOCC3)CC2)c1. The lowest BCUT2D eigenvalue weighted by atomic mass is 10.0. The quantitative estimate of drug-likeness (QED) is 0.902. The molecule has 4 heteroatoms. The first-order chi connectivity index (χ1) is 11.2. The molecule has 1 N–H and O–H groups in total. The molecule has 2 heterocycles. The van der Waals surface area contributed by atoms with Crippen LogP contribution in [0, 0.1) is 6.92 Å². The number of nitrogens with one attached hydrogen (secondary N) is 1. The molecule has 4 nitrogen and oxygen atoms in total. The van der Waals surface area contributed by atoms with E-state index in [2.05, 4.69) is 53.2 Å². The molecule has 3 rings (SSSR count). The number of anilines is 1. The number of aryl methyl sites for hydroxylation is 1. The van der Waals surface area contributed by atoms with E-state index in [1.165, 1.54) is 24.1 Å². The number of hydrogen-bond acceptors (Lipinski definition) is 4. The molecular weight excluding hydrogens is 286 g/mol. The lowest BCUT2D eigenvalue weighted by Gasteiger charge is -2.36. The lowest BCUT2D eigenvalue weighted by Crippen LogP contribution is -2.50. The molecule has 2 aliphatic rings. The number of rotatable bonds is 5. The Kier molecular flexibility index (Phi) is 5.92. The van der Waals surface area contributed by atoms with Gasteiger partial charge in [-0.05, 0) is 44.4 Å². The molecule has 0 saturated carbocycles. The molecule has 0 bridgehead atoms. The zero-order chi connectivity index (χ0) is 16.1. The van der Waals surface area contributed by atoms with E-state index in [1.807, 2.05) is 0 Å². The highest BCUT2D eigenvalue weighted by Crippen LogP contribution is 2.21. The Morgan fingerprint density at radius 2 is 1.91 bits per heavy atom.